The Hall–Kier alpha value is -2.05. The summed E-state index contributed by atoms with van der Waals surface area (Å²) in [5.74, 6) is 1.38. The average Bonchev–Trinajstić information content (AvgIpc) is 2.79. The molecule has 5 nitrogen and oxygen atoms in total. The van der Waals surface area contributed by atoms with Gasteiger partial charge in [0.05, 0.1) is 40.3 Å². The molecule has 1 aliphatic rings. The first kappa shape index (κ1) is 27.0. The van der Waals surface area contributed by atoms with Crippen LogP contribution in [-0.2, 0) is 0 Å². The van der Waals surface area contributed by atoms with Crippen molar-refractivity contribution in [3.05, 3.63) is 65.7 Å². The Morgan fingerprint density at radius 1 is 1.00 bits per heavy atom. The molecule has 0 aliphatic carbocycles. The zero-order valence-corrected chi connectivity index (χ0v) is 19.7. The summed E-state index contributed by atoms with van der Waals surface area (Å²) in [6.45, 7) is 5.25. The van der Waals surface area contributed by atoms with E-state index in [1.54, 1.807) is 37.3 Å². The number of methoxy groups -OCH3 is 2. The van der Waals surface area contributed by atoms with Gasteiger partial charge in [-0.15, -0.1) is 0 Å². The molecule has 0 saturated heterocycles. The second kappa shape index (κ2) is 14.1. The summed E-state index contributed by atoms with van der Waals surface area (Å²) in [5, 5.41) is 2.25. The number of carbonyl (C=O) groups excluding carboxylic acids is 1. The normalized spacial score (nSPS) is 15.2. The van der Waals surface area contributed by atoms with Gasteiger partial charge in [-0.25, -0.2) is 0 Å². The van der Waals surface area contributed by atoms with Crippen molar-refractivity contribution in [2.24, 2.45) is 0 Å². The monoisotopic (exact) mass is 466 g/mol. The van der Waals surface area contributed by atoms with Crippen LogP contribution >= 0.6 is 0 Å². The van der Waals surface area contributed by atoms with Crippen LogP contribution in [0.3, 0.4) is 0 Å². The standard InChI is InChI=1S/C24H30N2O3.2ClH/c1-28-23-9-8-21(18-24(23)29-2)22(27)10-13-25-14-17-26-15-11-20(12-16-26)19-6-4-3-5-7-19;;/h3-9,11,18,25H,10,12-17H2,1-2H3;2*1H. The lowest BCUT2D eigenvalue weighted by Gasteiger charge is -2.23. The second-order valence-corrected chi connectivity index (χ2v) is 7.41. The Morgan fingerprint density at radius 3 is 2.39 bits per heavy atom. The van der Waals surface area contributed by atoms with Crippen molar-refractivity contribution in [1.82, 2.24) is 0 Å². The number of rotatable bonds is 10. The summed E-state index contributed by atoms with van der Waals surface area (Å²) < 4.78 is 10.5. The Bertz CT molecular complexity index is 844. The molecule has 1 heterocycles. The van der Waals surface area contributed by atoms with Crippen LogP contribution in [0.25, 0.3) is 5.57 Å². The summed E-state index contributed by atoms with van der Waals surface area (Å²) in [7, 11) is 3.18. The van der Waals surface area contributed by atoms with Crippen LogP contribution in [0.4, 0.5) is 0 Å². The maximum atomic E-state index is 12.4. The van der Waals surface area contributed by atoms with E-state index in [4.69, 9.17) is 9.47 Å². The molecule has 0 amide bonds. The van der Waals surface area contributed by atoms with Crippen LogP contribution in [0.1, 0.15) is 28.8 Å². The average molecular weight is 467 g/mol. The van der Waals surface area contributed by atoms with E-state index in [0.717, 1.165) is 32.6 Å². The smallest absolute Gasteiger partial charge is 0.168 e. The summed E-state index contributed by atoms with van der Waals surface area (Å²) >= 11 is 0. The number of nitrogens with one attached hydrogen (secondary N) is 1. The van der Waals surface area contributed by atoms with E-state index in [0.29, 0.717) is 23.5 Å². The van der Waals surface area contributed by atoms with Crippen molar-refractivity contribution < 1.29 is 49.3 Å². The van der Waals surface area contributed by atoms with Crippen LogP contribution in [-0.4, -0.2) is 52.7 Å². The third-order valence-electron chi connectivity index (χ3n) is 5.51. The minimum atomic E-state index is 0. The lowest BCUT2D eigenvalue weighted by Crippen LogP contribution is -3.15. The fourth-order valence-corrected chi connectivity index (χ4v) is 3.76. The molecule has 1 unspecified atom stereocenters. The highest BCUT2D eigenvalue weighted by Crippen LogP contribution is 2.27. The van der Waals surface area contributed by atoms with Gasteiger partial charge >= 0.3 is 0 Å². The van der Waals surface area contributed by atoms with E-state index in [1.165, 1.54) is 17.7 Å². The topological polar surface area (TPSA) is 56.6 Å². The first-order valence-electron chi connectivity index (χ1n) is 10.4. The van der Waals surface area contributed by atoms with Gasteiger partial charge in [-0.05, 0) is 35.4 Å². The number of carbonyl (C=O) groups is 1. The minimum Gasteiger partial charge on any atom is -1.00 e. The van der Waals surface area contributed by atoms with Crippen molar-refractivity contribution in [2.45, 2.75) is 12.8 Å². The minimum absolute atomic E-state index is 0. The van der Waals surface area contributed by atoms with Gasteiger partial charge in [-0.3, -0.25) is 4.79 Å². The number of ether oxygens (including phenoxy) is 2. The lowest BCUT2D eigenvalue weighted by molar-refractivity contribution is -0.907. The molecule has 0 aromatic heterocycles. The summed E-state index contributed by atoms with van der Waals surface area (Å²) in [6.07, 6.45) is 4.05. The highest BCUT2D eigenvalue weighted by Gasteiger charge is 2.16. The molecule has 3 rings (SSSR count). The third-order valence-corrected chi connectivity index (χ3v) is 5.51. The van der Waals surface area contributed by atoms with E-state index in [2.05, 4.69) is 41.7 Å². The quantitative estimate of drug-likeness (QED) is 0.273. The molecule has 0 bridgehead atoms. The van der Waals surface area contributed by atoms with Gasteiger partial charge in [0.15, 0.2) is 17.3 Å². The molecule has 1 atom stereocenters. The van der Waals surface area contributed by atoms with Gasteiger partial charge in [0.2, 0.25) is 0 Å². The van der Waals surface area contributed by atoms with E-state index < -0.39 is 0 Å². The van der Waals surface area contributed by atoms with Crippen molar-refractivity contribution in [2.75, 3.05) is 46.9 Å². The highest BCUT2D eigenvalue weighted by molar-refractivity contribution is 5.96. The lowest BCUT2D eigenvalue weighted by atomic mass is 10.00. The molecule has 31 heavy (non-hydrogen) atoms. The first-order chi connectivity index (χ1) is 14.2. The molecule has 0 spiro atoms. The van der Waals surface area contributed by atoms with Crippen molar-refractivity contribution in [3.8, 4) is 11.5 Å². The highest BCUT2D eigenvalue weighted by atomic mass is 35.5. The van der Waals surface area contributed by atoms with E-state index in [-0.39, 0.29) is 30.6 Å². The van der Waals surface area contributed by atoms with E-state index >= 15 is 0 Å². The zero-order valence-electron chi connectivity index (χ0n) is 18.2. The molecular weight excluding hydrogens is 435 g/mol. The molecule has 1 aliphatic heterocycles. The van der Waals surface area contributed by atoms with Crippen LogP contribution in [0.2, 0.25) is 0 Å². The van der Waals surface area contributed by atoms with Crippen LogP contribution < -0.4 is 44.5 Å². The zero-order chi connectivity index (χ0) is 20.5. The predicted octanol–water partition coefficient (Wildman–Crippen LogP) is -4.78. The number of halogens is 2. The van der Waals surface area contributed by atoms with Gasteiger partial charge in [0.1, 0.15) is 13.1 Å². The van der Waals surface area contributed by atoms with E-state index in [9.17, 15) is 4.79 Å². The van der Waals surface area contributed by atoms with Crippen molar-refractivity contribution in [3.63, 3.8) is 0 Å². The Labute approximate surface area is 197 Å². The molecule has 0 saturated carbocycles. The van der Waals surface area contributed by atoms with Gasteiger partial charge in [-0.1, -0.05) is 30.3 Å². The summed E-state index contributed by atoms with van der Waals surface area (Å²) in [5.41, 5.74) is 3.50. The summed E-state index contributed by atoms with van der Waals surface area (Å²) in [4.78, 5) is 14.0. The molecule has 0 fully saturated rings. The molecule has 170 valence electrons. The fraction of sp³-hybridized carbons (Fsp3) is 0.375. The number of Topliss-reactive ketones (excluding diaryl/α,β-unsaturated/α-hetero) is 1. The van der Waals surface area contributed by atoms with Crippen LogP contribution in [0, 0.1) is 0 Å². The fourth-order valence-electron chi connectivity index (χ4n) is 3.76. The number of nitrogens with two attached hydrogens (primary N) is 1. The SMILES string of the molecule is COc1ccc(C(=O)CC[NH2+]CC[NH+]2CC=C(c3ccccc3)CC2)cc1OC.[Cl-].[Cl-]. The molecule has 0 radical (unpaired) electrons. The van der Waals surface area contributed by atoms with Crippen molar-refractivity contribution in [1.29, 1.82) is 0 Å². The third kappa shape index (κ3) is 7.86. The van der Waals surface area contributed by atoms with Crippen LogP contribution in [0.15, 0.2) is 54.6 Å². The van der Waals surface area contributed by atoms with Gasteiger partial charge in [-0.2, -0.15) is 0 Å². The predicted molar refractivity (Wildman–Crippen MR) is 115 cm³/mol. The van der Waals surface area contributed by atoms with E-state index in [1.807, 2.05) is 0 Å². The number of hydrogen-bond donors (Lipinski definition) is 2. The Morgan fingerprint density at radius 2 is 1.74 bits per heavy atom. The van der Waals surface area contributed by atoms with Gasteiger partial charge in [0.25, 0.3) is 0 Å². The molecule has 2 aromatic carbocycles. The maximum Gasteiger partial charge on any atom is 0.168 e. The largest absolute Gasteiger partial charge is 1.00 e. The number of hydrogen-bond acceptors (Lipinski definition) is 3. The second-order valence-electron chi connectivity index (χ2n) is 7.41. The van der Waals surface area contributed by atoms with Crippen molar-refractivity contribution >= 4 is 11.4 Å². The van der Waals surface area contributed by atoms with Gasteiger partial charge in [0, 0.05) is 12.0 Å². The molecule has 3 N–H and O–H groups in total. The number of quaternary nitrogens is 2. The molecule has 7 heteroatoms. The molecule has 2 aromatic rings. The van der Waals surface area contributed by atoms with Gasteiger partial charge < -0.3 is 44.5 Å². The summed E-state index contributed by atoms with van der Waals surface area (Å²) in [6, 6.07) is 16.0. The number of benzene rings is 2. The first-order valence-corrected chi connectivity index (χ1v) is 10.4. The Balaban J connectivity index is 0.00000240. The maximum absolute atomic E-state index is 12.4. The Kier molecular flexibility index (Phi) is 12.3. The van der Waals surface area contributed by atoms with Crippen LogP contribution in [0.5, 0.6) is 11.5 Å². The number of ketones is 1. The molecular formula is C24H32Cl2N2O3.